The van der Waals surface area contributed by atoms with Crippen LogP contribution < -0.4 is 10.6 Å². The van der Waals surface area contributed by atoms with Crippen LogP contribution in [-0.4, -0.2) is 33.7 Å². The molecule has 0 aromatic carbocycles. The van der Waals surface area contributed by atoms with E-state index in [2.05, 4.69) is 21.9 Å². The predicted octanol–water partition coefficient (Wildman–Crippen LogP) is 1.43. The highest BCUT2D eigenvalue weighted by Gasteiger charge is 2.27. The zero-order valence-electron chi connectivity index (χ0n) is 11.0. The summed E-state index contributed by atoms with van der Waals surface area (Å²) in [4.78, 5) is 6.58. The minimum Gasteiger partial charge on any atom is -0.339 e. The lowest BCUT2D eigenvalue weighted by Gasteiger charge is -2.35. The molecule has 1 aliphatic heterocycles. The maximum atomic E-state index is 13.1. The van der Waals surface area contributed by atoms with Crippen molar-refractivity contribution in [3.05, 3.63) is 24.1 Å². The summed E-state index contributed by atoms with van der Waals surface area (Å²) in [7, 11) is 0. The molecule has 3 rings (SSSR count). The minimum atomic E-state index is -0.309. The van der Waals surface area contributed by atoms with Gasteiger partial charge in [-0.3, -0.25) is 0 Å². The van der Waals surface area contributed by atoms with Gasteiger partial charge in [0.1, 0.15) is 5.82 Å². The molecule has 19 heavy (non-hydrogen) atoms. The number of halogens is 1. The van der Waals surface area contributed by atoms with Crippen molar-refractivity contribution in [2.75, 3.05) is 18.0 Å². The van der Waals surface area contributed by atoms with Gasteiger partial charge in [-0.25, -0.2) is 8.91 Å². The Labute approximate surface area is 111 Å². The van der Waals surface area contributed by atoms with Crippen molar-refractivity contribution in [1.29, 1.82) is 0 Å². The van der Waals surface area contributed by atoms with E-state index in [4.69, 9.17) is 5.73 Å². The maximum Gasteiger partial charge on any atom is 0.245 e. The fourth-order valence-corrected chi connectivity index (χ4v) is 2.64. The van der Waals surface area contributed by atoms with Crippen LogP contribution in [0.4, 0.5) is 10.3 Å². The van der Waals surface area contributed by atoms with Gasteiger partial charge in [-0.2, -0.15) is 4.98 Å². The summed E-state index contributed by atoms with van der Waals surface area (Å²) >= 11 is 0. The average Bonchev–Trinajstić information content (AvgIpc) is 2.82. The Morgan fingerprint density at radius 2 is 2.32 bits per heavy atom. The van der Waals surface area contributed by atoms with Gasteiger partial charge in [-0.15, -0.1) is 5.10 Å². The van der Waals surface area contributed by atoms with E-state index in [1.54, 1.807) is 6.07 Å². The van der Waals surface area contributed by atoms with Crippen LogP contribution in [-0.2, 0) is 0 Å². The number of pyridine rings is 1. The molecule has 3 heterocycles. The topological polar surface area (TPSA) is 59.5 Å². The molecule has 1 fully saturated rings. The summed E-state index contributed by atoms with van der Waals surface area (Å²) in [5.41, 5.74) is 6.77. The molecule has 6 heteroatoms. The predicted molar refractivity (Wildman–Crippen MR) is 71.5 cm³/mol. The Kier molecular flexibility index (Phi) is 3.10. The molecule has 0 radical (unpaired) electrons. The molecule has 1 aliphatic rings. The lowest BCUT2D eigenvalue weighted by atomic mass is 9.91. The standard InChI is InChI=1S/C13H18FN5/c1-2-9-7-18(6-5-11(9)15)13-16-12-4-3-10(14)8-19(12)17-13/h3-4,8-9,11H,2,5-7,15H2,1H3. The van der Waals surface area contributed by atoms with Crippen molar-refractivity contribution >= 4 is 11.6 Å². The van der Waals surface area contributed by atoms with Crippen molar-refractivity contribution < 1.29 is 4.39 Å². The minimum absolute atomic E-state index is 0.260. The Balaban J connectivity index is 1.87. The quantitative estimate of drug-likeness (QED) is 0.890. The fourth-order valence-electron chi connectivity index (χ4n) is 2.64. The first-order valence-electron chi connectivity index (χ1n) is 6.70. The molecule has 0 saturated carbocycles. The van der Waals surface area contributed by atoms with E-state index in [-0.39, 0.29) is 11.9 Å². The van der Waals surface area contributed by atoms with E-state index in [9.17, 15) is 4.39 Å². The molecule has 0 spiro atoms. The maximum absolute atomic E-state index is 13.1. The lowest BCUT2D eigenvalue weighted by Crippen LogP contribution is -2.47. The third-order valence-electron chi connectivity index (χ3n) is 3.88. The largest absolute Gasteiger partial charge is 0.339 e. The molecular weight excluding hydrogens is 245 g/mol. The number of hydrogen-bond acceptors (Lipinski definition) is 4. The van der Waals surface area contributed by atoms with Gasteiger partial charge in [-0.1, -0.05) is 13.3 Å². The first-order chi connectivity index (χ1) is 9.17. The van der Waals surface area contributed by atoms with Crippen LogP contribution in [0.1, 0.15) is 19.8 Å². The number of rotatable bonds is 2. The summed E-state index contributed by atoms with van der Waals surface area (Å²) in [6, 6.07) is 3.30. The van der Waals surface area contributed by atoms with Gasteiger partial charge in [0.2, 0.25) is 5.95 Å². The number of nitrogens with zero attached hydrogens (tertiary/aromatic N) is 4. The zero-order valence-corrected chi connectivity index (χ0v) is 11.0. The number of anilines is 1. The number of aromatic nitrogens is 3. The van der Waals surface area contributed by atoms with E-state index in [1.165, 1.54) is 16.8 Å². The number of nitrogens with two attached hydrogens (primary N) is 1. The van der Waals surface area contributed by atoms with Gasteiger partial charge in [0, 0.05) is 19.1 Å². The van der Waals surface area contributed by atoms with Crippen LogP contribution in [0.25, 0.3) is 5.65 Å². The van der Waals surface area contributed by atoms with Crippen molar-refractivity contribution in [2.24, 2.45) is 11.7 Å². The Bertz CT molecular complexity index is 581. The van der Waals surface area contributed by atoms with Gasteiger partial charge in [0.05, 0.1) is 6.20 Å². The molecule has 2 atom stereocenters. The molecule has 2 aromatic heterocycles. The molecule has 2 aromatic rings. The Morgan fingerprint density at radius 1 is 1.47 bits per heavy atom. The van der Waals surface area contributed by atoms with Crippen molar-refractivity contribution in [2.45, 2.75) is 25.8 Å². The first kappa shape index (κ1) is 12.3. The molecule has 5 nitrogen and oxygen atoms in total. The second kappa shape index (κ2) is 4.77. The highest BCUT2D eigenvalue weighted by atomic mass is 19.1. The van der Waals surface area contributed by atoms with Crippen LogP contribution in [0.15, 0.2) is 18.3 Å². The van der Waals surface area contributed by atoms with Crippen LogP contribution in [0, 0.1) is 11.7 Å². The van der Waals surface area contributed by atoms with Gasteiger partial charge in [-0.05, 0) is 24.5 Å². The number of fused-ring (bicyclic) bond motifs is 1. The average molecular weight is 263 g/mol. The molecule has 102 valence electrons. The van der Waals surface area contributed by atoms with Gasteiger partial charge in [0.15, 0.2) is 5.65 Å². The Hall–Kier alpha value is -1.69. The smallest absolute Gasteiger partial charge is 0.245 e. The van der Waals surface area contributed by atoms with Crippen molar-refractivity contribution in [3.8, 4) is 0 Å². The molecule has 2 N–H and O–H groups in total. The highest BCUT2D eigenvalue weighted by Crippen LogP contribution is 2.22. The summed E-state index contributed by atoms with van der Waals surface area (Å²) < 4.78 is 14.6. The molecule has 1 saturated heterocycles. The normalized spacial score (nSPS) is 24.1. The van der Waals surface area contributed by atoms with Gasteiger partial charge < -0.3 is 10.6 Å². The van der Waals surface area contributed by atoms with E-state index < -0.39 is 0 Å². The molecule has 0 aliphatic carbocycles. The monoisotopic (exact) mass is 263 g/mol. The van der Waals surface area contributed by atoms with Crippen LogP contribution in [0.5, 0.6) is 0 Å². The van der Waals surface area contributed by atoms with E-state index in [1.807, 2.05) is 0 Å². The second-order valence-electron chi connectivity index (χ2n) is 5.13. The van der Waals surface area contributed by atoms with E-state index >= 15 is 0 Å². The van der Waals surface area contributed by atoms with Crippen LogP contribution in [0.3, 0.4) is 0 Å². The van der Waals surface area contributed by atoms with E-state index in [0.29, 0.717) is 17.5 Å². The number of hydrogen-bond donors (Lipinski definition) is 1. The molecule has 2 unspecified atom stereocenters. The van der Waals surface area contributed by atoms with E-state index in [0.717, 1.165) is 25.9 Å². The van der Waals surface area contributed by atoms with Gasteiger partial charge in [0.25, 0.3) is 0 Å². The summed E-state index contributed by atoms with van der Waals surface area (Å²) in [5, 5.41) is 4.34. The fraction of sp³-hybridized carbons (Fsp3) is 0.538. The second-order valence-corrected chi connectivity index (χ2v) is 5.13. The first-order valence-corrected chi connectivity index (χ1v) is 6.70. The SMILES string of the molecule is CCC1CN(c2nc3ccc(F)cn3n2)CCC1N. The summed E-state index contributed by atoms with van der Waals surface area (Å²) in [6.45, 7) is 3.88. The van der Waals surface area contributed by atoms with Crippen LogP contribution >= 0.6 is 0 Å². The molecule has 0 bridgehead atoms. The number of piperidine rings is 1. The van der Waals surface area contributed by atoms with Crippen molar-refractivity contribution in [1.82, 2.24) is 14.6 Å². The summed E-state index contributed by atoms with van der Waals surface area (Å²) in [5.74, 6) is 0.823. The zero-order chi connectivity index (χ0) is 13.4. The lowest BCUT2D eigenvalue weighted by molar-refractivity contribution is 0.345. The molecule has 0 amide bonds. The third-order valence-corrected chi connectivity index (χ3v) is 3.88. The third kappa shape index (κ3) is 2.28. The summed E-state index contributed by atoms with van der Waals surface area (Å²) in [6.07, 6.45) is 3.35. The van der Waals surface area contributed by atoms with Crippen LogP contribution in [0.2, 0.25) is 0 Å². The highest BCUT2D eigenvalue weighted by molar-refractivity contribution is 5.44. The van der Waals surface area contributed by atoms with Gasteiger partial charge >= 0.3 is 0 Å². The Morgan fingerprint density at radius 3 is 3.11 bits per heavy atom. The van der Waals surface area contributed by atoms with Crippen molar-refractivity contribution in [3.63, 3.8) is 0 Å². The molecular formula is C13H18FN5.